The second-order valence-electron chi connectivity index (χ2n) is 4.69. The van der Waals surface area contributed by atoms with Crippen LogP contribution in [-0.2, 0) is 4.74 Å². The maximum atomic E-state index is 10.3. The lowest BCUT2D eigenvalue weighted by Gasteiger charge is -2.31. The standard InChI is InChI=1S/C14H20O2/c1-11(13-8-5-9-16-10-13)14(15)12-6-3-2-4-7-12/h2-4,6-7,11,13-15H,5,8-10H2,1H3. The molecule has 0 spiro atoms. The molecule has 1 aliphatic heterocycles. The fourth-order valence-corrected chi connectivity index (χ4v) is 2.39. The number of hydrogen-bond acceptors (Lipinski definition) is 2. The molecule has 1 saturated heterocycles. The minimum Gasteiger partial charge on any atom is -0.388 e. The summed E-state index contributed by atoms with van der Waals surface area (Å²) in [6, 6.07) is 9.91. The molecule has 0 bridgehead atoms. The highest BCUT2D eigenvalue weighted by atomic mass is 16.5. The Labute approximate surface area is 97.3 Å². The monoisotopic (exact) mass is 220 g/mol. The molecule has 3 unspecified atom stereocenters. The molecule has 1 fully saturated rings. The largest absolute Gasteiger partial charge is 0.388 e. The van der Waals surface area contributed by atoms with E-state index in [1.54, 1.807) is 0 Å². The summed E-state index contributed by atoms with van der Waals surface area (Å²) in [5, 5.41) is 10.3. The Morgan fingerprint density at radius 3 is 2.69 bits per heavy atom. The van der Waals surface area contributed by atoms with Gasteiger partial charge in [0.1, 0.15) is 0 Å². The zero-order chi connectivity index (χ0) is 11.4. The average molecular weight is 220 g/mol. The van der Waals surface area contributed by atoms with Gasteiger partial charge in [-0.05, 0) is 30.2 Å². The molecule has 1 aliphatic rings. The van der Waals surface area contributed by atoms with Gasteiger partial charge in [-0.15, -0.1) is 0 Å². The summed E-state index contributed by atoms with van der Waals surface area (Å²) < 4.78 is 5.48. The van der Waals surface area contributed by atoms with E-state index >= 15 is 0 Å². The van der Waals surface area contributed by atoms with E-state index in [9.17, 15) is 5.11 Å². The number of rotatable bonds is 3. The van der Waals surface area contributed by atoms with Crippen molar-refractivity contribution in [2.24, 2.45) is 11.8 Å². The van der Waals surface area contributed by atoms with Gasteiger partial charge in [0.2, 0.25) is 0 Å². The molecule has 1 aromatic rings. The van der Waals surface area contributed by atoms with Gasteiger partial charge in [-0.1, -0.05) is 37.3 Å². The molecule has 2 rings (SSSR count). The van der Waals surface area contributed by atoms with E-state index in [-0.39, 0.29) is 12.0 Å². The maximum absolute atomic E-state index is 10.3. The van der Waals surface area contributed by atoms with Crippen LogP contribution in [0.4, 0.5) is 0 Å². The summed E-state index contributed by atoms with van der Waals surface area (Å²) in [4.78, 5) is 0. The molecule has 16 heavy (non-hydrogen) atoms. The van der Waals surface area contributed by atoms with Crippen molar-refractivity contribution in [2.75, 3.05) is 13.2 Å². The molecule has 88 valence electrons. The maximum Gasteiger partial charge on any atom is 0.0819 e. The van der Waals surface area contributed by atoms with Crippen molar-refractivity contribution in [3.8, 4) is 0 Å². The van der Waals surface area contributed by atoms with Crippen molar-refractivity contribution in [2.45, 2.75) is 25.9 Å². The summed E-state index contributed by atoms with van der Waals surface area (Å²) in [7, 11) is 0. The third kappa shape index (κ3) is 2.63. The fourth-order valence-electron chi connectivity index (χ4n) is 2.39. The van der Waals surface area contributed by atoms with E-state index < -0.39 is 0 Å². The van der Waals surface area contributed by atoms with E-state index in [4.69, 9.17) is 4.74 Å². The minimum atomic E-state index is -0.368. The highest BCUT2D eigenvalue weighted by molar-refractivity contribution is 5.18. The molecule has 0 aromatic heterocycles. The smallest absolute Gasteiger partial charge is 0.0819 e. The summed E-state index contributed by atoms with van der Waals surface area (Å²) in [5.41, 5.74) is 1.01. The van der Waals surface area contributed by atoms with Gasteiger partial charge in [-0.25, -0.2) is 0 Å². The Hall–Kier alpha value is -0.860. The zero-order valence-electron chi connectivity index (χ0n) is 9.80. The molecule has 1 aromatic carbocycles. The number of hydrogen-bond donors (Lipinski definition) is 1. The van der Waals surface area contributed by atoms with Gasteiger partial charge in [0.05, 0.1) is 6.10 Å². The first-order chi connectivity index (χ1) is 7.79. The van der Waals surface area contributed by atoms with E-state index in [0.717, 1.165) is 25.2 Å². The second kappa shape index (κ2) is 5.46. The lowest BCUT2D eigenvalue weighted by atomic mass is 9.83. The Kier molecular flexibility index (Phi) is 3.97. The number of aliphatic hydroxyl groups excluding tert-OH is 1. The van der Waals surface area contributed by atoms with E-state index in [0.29, 0.717) is 5.92 Å². The Bertz CT molecular complexity index is 304. The molecule has 2 heteroatoms. The van der Waals surface area contributed by atoms with E-state index in [2.05, 4.69) is 6.92 Å². The molecular weight excluding hydrogens is 200 g/mol. The third-order valence-electron chi connectivity index (χ3n) is 3.58. The second-order valence-corrected chi connectivity index (χ2v) is 4.69. The van der Waals surface area contributed by atoms with Gasteiger partial charge >= 0.3 is 0 Å². The highest BCUT2D eigenvalue weighted by Gasteiger charge is 2.26. The number of aliphatic hydroxyl groups is 1. The van der Waals surface area contributed by atoms with Crippen LogP contribution in [0.3, 0.4) is 0 Å². The van der Waals surface area contributed by atoms with Gasteiger partial charge in [-0.3, -0.25) is 0 Å². The van der Waals surface area contributed by atoms with Crippen molar-refractivity contribution in [3.05, 3.63) is 35.9 Å². The van der Waals surface area contributed by atoms with Crippen LogP contribution in [-0.4, -0.2) is 18.3 Å². The molecule has 1 heterocycles. The first-order valence-electron chi connectivity index (χ1n) is 6.10. The summed E-state index contributed by atoms with van der Waals surface area (Å²) >= 11 is 0. The molecule has 2 nitrogen and oxygen atoms in total. The minimum absolute atomic E-state index is 0.266. The number of benzene rings is 1. The van der Waals surface area contributed by atoms with Crippen LogP contribution in [0, 0.1) is 11.8 Å². The topological polar surface area (TPSA) is 29.5 Å². The summed E-state index contributed by atoms with van der Waals surface area (Å²) in [6.45, 7) is 3.80. The molecule has 0 radical (unpaired) electrons. The quantitative estimate of drug-likeness (QED) is 0.848. The van der Waals surface area contributed by atoms with Crippen LogP contribution in [0.2, 0.25) is 0 Å². The van der Waals surface area contributed by atoms with Crippen LogP contribution in [0.5, 0.6) is 0 Å². The number of ether oxygens (including phenoxy) is 1. The predicted molar refractivity (Wildman–Crippen MR) is 64.1 cm³/mol. The van der Waals surface area contributed by atoms with Gasteiger partial charge < -0.3 is 9.84 Å². The van der Waals surface area contributed by atoms with Crippen LogP contribution in [0.15, 0.2) is 30.3 Å². The fraction of sp³-hybridized carbons (Fsp3) is 0.571. The van der Waals surface area contributed by atoms with Crippen LogP contribution >= 0.6 is 0 Å². The molecule has 3 atom stereocenters. The van der Waals surface area contributed by atoms with Gasteiger partial charge in [-0.2, -0.15) is 0 Å². The van der Waals surface area contributed by atoms with Gasteiger partial charge in [0.25, 0.3) is 0 Å². The summed E-state index contributed by atoms with van der Waals surface area (Å²) in [5.74, 6) is 0.756. The molecule has 0 amide bonds. The zero-order valence-corrected chi connectivity index (χ0v) is 9.80. The lowest BCUT2D eigenvalue weighted by molar-refractivity contribution is -0.00578. The molecule has 0 saturated carbocycles. The highest BCUT2D eigenvalue weighted by Crippen LogP contribution is 2.32. The van der Waals surface area contributed by atoms with Crippen molar-refractivity contribution in [1.82, 2.24) is 0 Å². The van der Waals surface area contributed by atoms with Crippen molar-refractivity contribution < 1.29 is 9.84 Å². The van der Waals surface area contributed by atoms with E-state index in [1.165, 1.54) is 6.42 Å². The Morgan fingerprint density at radius 1 is 1.31 bits per heavy atom. The summed E-state index contributed by atoms with van der Waals surface area (Å²) in [6.07, 6.45) is 1.93. The molecule has 1 N–H and O–H groups in total. The van der Waals surface area contributed by atoms with Gasteiger partial charge in [0, 0.05) is 13.2 Å². The SMILES string of the molecule is CC(C1CCCOC1)C(O)c1ccccc1. The van der Waals surface area contributed by atoms with Crippen LogP contribution in [0.1, 0.15) is 31.4 Å². The molecule has 0 aliphatic carbocycles. The third-order valence-corrected chi connectivity index (χ3v) is 3.58. The average Bonchev–Trinajstić information content (AvgIpc) is 2.39. The molecular formula is C14H20O2. The van der Waals surface area contributed by atoms with Crippen molar-refractivity contribution in [1.29, 1.82) is 0 Å². The van der Waals surface area contributed by atoms with Gasteiger partial charge in [0.15, 0.2) is 0 Å². The Morgan fingerprint density at radius 2 is 2.06 bits per heavy atom. The first kappa shape index (κ1) is 11.6. The predicted octanol–water partition coefficient (Wildman–Crippen LogP) is 2.78. The lowest BCUT2D eigenvalue weighted by Crippen LogP contribution is -2.27. The normalized spacial score (nSPS) is 25.0. The van der Waals surface area contributed by atoms with Crippen molar-refractivity contribution >= 4 is 0 Å². The van der Waals surface area contributed by atoms with Crippen molar-refractivity contribution in [3.63, 3.8) is 0 Å². The first-order valence-corrected chi connectivity index (χ1v) is 6.10. The van der Waals surface area contributed by atoms with Crippen LogP contribution in [0.25, 0.3) is 0 Å². The Balaban J connectivity index is 2.00. The van der Waals surface area contributed by atoms with E-state index in [1.807, 2.05) is 30.3 Å². The van der Waals surface area contributed by atoms with Crippen LogP contribution < -0.4 is 0 Å².